The zero-order valence-electron chi connectivity index (χ0n) is 15.8. The predicted octanol–water partition coefficient (Wildman–Crippen LogP) is 4.30. The number of hydrogen-bond donors (Lipinski definition) is 0. The number of sulfonamides is 1. The maximum absolute atomic E-state index is 12.4. The molecule has 0 bridgehead atoms. The summed E-state index contributed by atoms with van der Waals surface area (Å²) >= 11 is 0. The minimum absolute atomic E-state index is 0.398. The van der Waals surface area contributed by atoms with Crippen LogP contribution < -0.4 is 4.74 Å². The highest BCUT2D eigenvalue weighted by Crippen LogP contribution is 2.30. The molecule has 1 aromatic rings. The minimum Gasteiger partial charge on any atom is -0.497 e. The Morgan fingerprint density at radius 2 is 1.88 bits per heavy atom. The van der Waals surface area contributed by atoms with Gasteiger partial charge in [-0.2, -0.15) is 4.31 Å². The lowest BCUT2D eigenvalue weighted by Crippen LogP contribution is -2.36. The predicted molar refractivity (Wildman–Crippen MR) is 107 cm³/mol. The lowest BCUT2D eigenvalue weighted by molar-refractivity contribution is 0.322. The van der Waals surface area contributed by atoms with Crippen molar-refractivity contribution in [3.63, 3.8) is 0 Å². The second-order valence-electron chi connectivity index (χ2n) is 6.57. The van der Waals surface area contributed by atoms with Crippen molar-refractivity contribution < 1.29 is 13.2 Å². The number of nitrogens with zero attached hydrogens (tertiary/aromatic N) is 1. The van der Waals surface area contributed by atoms with E-state index in [1.807, 2.05) is 12.1 Å². The van der Waals surface area contributed by atoms with E-state index in [9.17, 15) is 8.42 Å². The van der Waals surface area contributed by atoms with Crippen LogP contribution in [0.2, 0.25) is 0 Å². The summed E-state index contributed by atoms with van der Waals surface area (Å²) in [5, 5.41) is 1.24. The third kappa shape index (κ3) is 6.19. The quantitative estimate of drug-likeness (QED) is 0.527. The van der Waals surface area contributed by atoms with Gasteiger partial charge < -0.3 is 4.74 Å². The number of allylic oxidation sites excluding steroid dienone is 1. The molecule has 0 N–H and O–H groups in total. The molecular weight excluding hydrogens is 346 g/mol. The van der Waals surface area contributed by atoms with E-state index in [1.165, 1.54) is 29.9 Å². The average Bonchev–Trinajstić information content (AvgIpc) is 2.67. The monoisotopic (exact) mass is 375 g/mol. The molecule has 1 aliphatic heterocycles. The molecule has 0 atom stereocenters. The number of piperidine rings is 1. The van der Waals surface area contributed by atoms with Gasteiger partial charge in [-0.15, -0.1) is 0 Å². The van der Waals surface area contributed by atoms with Gasteiger partial charge in [0.1, 0.15) is 5.75 Å². The van der Waals surface area contributed by atoms with Crippen LogP contribution in [0.5, 0.6) is 5.75 Å². The van der Waals surface area contributed by atoms with E-state index in [-0.39, 0.29) is 0 Å². The summed E-state index contributed by atoms with van der Waals surface area (Å²) in [4.78, 5) is 0. The van der Waals surface area contributed by atoms with Gasteiger partial charge in [0.15, 0.2) is 0 Å². The van der Waals surface area contributed by atoms with Crippen LogP contribution in [0.15, 0.2) is 35.7 Å². The molecule has 0 unspecified atom stereocenters. The van der Waals surface area contributed by atoms with Crippen molar-refractivity contribution in [3.05, 3.63) is 41.3 Å². The maximum atomic E-state index is 12.4. The molecule has 2 rings (SSSR count). The summed E-state index contributed by atoms with van der Waals surface area (Å²) in [7, 11) is -1.71. The van der Waals surface area contributed by atoms with E-state index in [0.717, 1.165) is 31.4 Å². The Morgan fingerprint density at radius 1 is 1.19 bits per heavy atom. The number of benzene rings is 1. The SMILES string of the molecule is CCCCCC#CC=CS(=O)(=O)N1CCC(c2ccc(OC)cc2)CC1. The lowest BCUT2D eigenvalue weighted by atomic mass is 9.90. The van der Waals surface area contributed by atoms with Gasteiger partial charge in [-0.3, -0.25) is 0 Å². The van der Waals surface area contributed by atoms with Gasteiger partial charge in [0.25, 0.3) is 0 Å². The third-order valence-corrected chi connectivity index (χ3v) is 6.30. The fraction of sp³-hybridized carbons (Fsp3) is 0.524. The van der Waals surface area contributed by atoms with Crippen molar-refractivity contribution in [2.75, 3.05) is 20.2 Å². The molecule has 0 aliphatic carbocycles. The summed E-state index contributed by atoms with van der Waals surface area (Å²) in [6.07, 6.45) is 7.37. The second-order valence-corrected chi connectivity index (χ2v) is 8.39. The van der Waals surface area contributed by atoms with E-state index < -0.39 is 10.0 Å². The number of ether oxygens (including phenoxy) is 1. The Balaban J connectivity index is 1.85. The largest absolute Gasteiger partial charge is 0.497 e. The van der Waals surface area contributed by atoms with Crippen LogP contribution in [-0.4, -0.2) is 32.9 Å². The van der Waals surface area contributed by atoms with Gasteiger partial charge in [0, 0.05) is 25.6 Å². The van der Waals surface area contributed by atoms with E-state index in [4.69, 9.17) is 4.74 Å². The molecule has 0 amide bonds. The summed E-state index contributed by atoms with van der Waals surface area (Å²) < 4.78 is 31.5. The van der Waals surface area contributed by atoms with Crippen molar-refractivity contribution in [1.82, 2.24) is 4.31 Å². The third-order valence-electron chi connectivity index (χ3n) is 4.73. The van der Waals surface area contributed by atoms with Gasteiger partial charge in [0.05, 0.1) is 12.5 Å². The summed E-state index contributed by atoms with van der Waals surface area (Å²) in [5.74, 6) is 7.08. The fourth-order valence-electron chi connectivity index (χ4n) is 3.12. The van der Waals surface area contributed by atoms with Gasteiger partial charge in [-0.25, -0.2) is 8.42 Å². The lowest BCUT2D eigenvalue weighted by Gasteiger charge is -2.30. The standard InChI is InChI=1S/C21H29NO3S/c1-3-4-5-6-7-8-9-18-26(23,24)22-16-14-20(15-17-22)19-10-12-21(25-2)13-11-19/h9-13,18,20H,3-6,14-17H2,1-2H3. The maximum Gasteiger partial charge on any atom is 0.236 e. The highest BCUT2D eigenvalue weighted by molar-refractivity contribution is 7.92. The molecule has 0 radical (unpaired) electrons. The van der Waals surface area contributed by atoms with E-state index in [0.29, 0.717) is 19.0 Å². The van der Waals surface area contributed by atoms with Gasteiger partial charge in [0.2, 0.25) is 10.0 Å². The Labute approximate surface area is 158 Å². The molecule has 1 saturated heterocycles. The zero-order chi connectivity index (χ0) is 18.8. The van der Waals surface area contributed by atoms with Crippen LogP contribution in [0, 0.1) is 11.8 Å². The van der Waals surface area contributed by atoms with Gasteiger partial charge >= 0.3 is 0 Å². The normalized spacial score (nSPS) is 16.4. The second kappa shape index (κ2) is 10.4. The van der Waals surface area contributed by atoms with E-state index >= 15 is 0 Å². The number of unbranched alkanes of at least 4 members (excludes halogenated alkanes) is 3. The first-order chi connectivity index (χ1) is 12.6. The van der Waals surface area contributed by atoms with Crippen LogP contribution in [0.1, 0.15) is 56.9 Å². The molecule has 142 valence electrons. The molecule has 5 heteroatoms. The molecular formula is C21H29NO3S. The molecule has 0 aromatic heterocycles. The number of hydrogen-bond acceptors (Lipinski definition) is 3. The van der Waals surface area contributed by atoms with E-state index in [2.05, 4.69) is 30.9 Å². The first kappa shape index (κ1) is 20.5. The molecule has 26 heavy (non-hydrogen) atoms. The first-order valence-electron chi connectivity index (χ1n) is 9.36. The van der Waals surface area contributed by atoms with Crippen molar-refractivity contribution in [2.45, 2.75) is 51.4 Å². The van der Waals surface area contributed by atoms with Gasteiger partial charge in [-0.1, -0.05) is 43.7 Å². The van der Waals surface area contributed by atoms with Crippen LogP contribution in [-0.2, 0) is 10.0 Å². The summed E-state index contributed by atoms with van der Waals surface area (Å²) in [6.45, 7) is 3.25. The van der Waals surface area contributed by atoms with Crippen molar-refractivity contribution in [2.24, 2.45) is 0 Å². The van der Waals surface area contributed by atoms with Gasteiger partial charge in [-0.05, 0) is 42.9 Å². The minimum atomic E-state index is -3.37. The molecule has 4 nitrogen and oxygen atoms in total. The molecule has 0 spiro atoms. The Kier molecular flexibility index (Phi) is 8.21. The molecule has 1 fully saturated rings. The fourth-order valence-corrected chi connectivity index (χ4v) is 4.25. The van der Waals surface area contributed by atoms with Crippen molar-refractivity contribution >= 4 is 10.0 Å². The van der Waals surface area contributed by atoms with Crippen molar-refractivity contribution in [1.29, 1.82) is 0 Å². The topological polar surface area (TPSA) is 46.6 Å². The zero-order valence-corrected chi connectivity index (χ0v) is 16.6. The van der Waals surface area contributed by atoms with Crippen molar-refractivity contribution in [3.8, 4) is 17.6 Å². The Bertz CT molecular complexity index is 734. The highest BCUT2D eigenvalue weighted by Gasteiger charge is 2.26. The molecule has 0 saturated carbocycles. The van der Waals surface area contributed by atoms with Crippen LogP contribution >= 0.6 is 0 Å². The molecule has 1 heterocycles. The summed E-state index contributed by atoms with van der Waals surface area (Å²) in [5.41, 5.74) is 1.25. The number of rotatable bonds is 7. The first-order valence-corrected chi connectivity index (χ1v) is 10.9. The number of methoxy groups -OCH3 is 1. The average molecular weight is 376 g/mol. The molecule has 1 aliphatic rings. The Morgan fingerprint density at radius 3 is 2.50 bits per heavy atom. The molecule has 1 aromatic carbocycles. The summed E-state index contributed by atoms with van der Waals surface area (Å²) in [6, 6.07) is 8.06. The highest BCUT2D eigenvalue weighted by atomic mass is 32.2. The van der Waals surface area contributed by atoms with Crippen LogP contribution in [0.25, 0.3) is 0 Å². The van der Waals surface area contributed by atoms with E-state index in [1.54, 1.807) is 11.4 Å². The smallest absolute Gasteiger partial charge is 0.236 e. The van der Waals surface area contributed by atoms with Crippen LogP contribution in [0.3, 0.4) is 0 Å². The van der Waals surface area contributed by atoms with Crippen LogP contribution in [0.4, 0.5) is 0 Å². The Hall–Kier alpha value is -1.77.